The quantitative estimate of drug-likeness (QED) is 0.895. The lowest BCUT2D eigenvalue weighted by molar-refractivity contribution is 0.185. The molecule has 1 aromatic carbocycles. The zero-order valence-corrected chi connectivity index (χ0v) is 11.3. The Morgan fingerprint density at radius 1 is 1.47 bits per heavy atom. The SMILES string of the molecule is COCc1cccc(NC2=NC(C)(C)CS2)c1. The van der Waals surface area contributed by atoms with E-state index in [2.05, 4.69) is 36.3 Å². The number of ether oxygens (including phenoxy) is 1. The Hall–Kier alpha value is -1.00. The summed E-state index contributed by atoms with van der Waals surface area (Å²) < 4.78 is 5.12. The fourth-order valence-corrected chi connectivity index (χ4v) is 2.73. The molecule has 1 heterocycles. The van der Waals surface area contributed by atoms with Crippen LogP contribution in [0.4, 0.5) is 5.69 Å². The minimum Gasteiger partial charge on any atom is -0.380 e. The number of amidine groups is 1. The Balaban J connectivity index is 2.06. The molecule has 3 nitrogen and oxygen atoms in total. The summed E-state index contributed by atoms with van der Waals surface area (Å²) >= 11 is 1.77. The lowest BCUT2D eigenvalue weighted by atomic mass is 10.1. The van der Waals surface area contributed by atoms with Crippen LogP contribution in [0.25, 0.3) is 0 Å². The van der Waals surface area contributed by atoms with Crippen molar-refractivity contribution in [3.63, 3.8) is 0 Å². The van der Waals surface area contributed by atoms with Gasteiger partial charge < -0.3 is 10.1 Å². The molecular weight excluding hydrogens is 232 g/mol. The zero-order chi connectivity index (χ0) is 12.3. The molecule has 0 aliphatic carbocycles. The molecule has 1 aliphatic heterocycles. The topological polar surface area (TPSA) is 33.6 Å². The molecule has 1 N–H and O–H groups in total. The number of nitrogens with zero attached hydrogens (tertiary/aromatic N) is 1. The van der Waals surface area contributed by atoms with E-state index >= 15 is 0 Å². The number of anilines is 1. The smallest absolute Gasteiger partial charge is 0.161 e. The molecule has 17 heavy (non-hydrogen) atoms. The van der Waals surface area contributed by atoms with Gasteiger partial charge in [-0.05, 0) is 31.5 Å². The molecule has 2 rings (SSSR count). The van der Waals surface area contributed by atoms with Gasteiger partial charge in [0.25, 0.3) is 0 Å². The van der Waals surface area contributed by atoms with Crippen LogP contribution in [-0.4, -0.2) is 23.6 Å². The van der Waals surface area contributed by atoms with Crippen molar-refractivity contribution in [2.75, 3.05) is 18.2 Å². The van der Waals surface area contributed by atoms with Crippen LogP contribution in [-0.2, 0) is 11.3 Å². The van der Waals surface area contributed by atoms with E-state index in [-0.39, 0.29) is 5.54 Å². The summed E-state index contributed by atoms with van der Waals surface area (Å²) in [5, 5.41) is 4.36. The number of hydrogen-bond donors (Lipinski definition) is 1. The summed E-state index contributed by atoms with van der Waals surface area (Å²) in [6.45, 7) is 4.94. The second kappa shape index (κ2) is 5.10. The van der Waals surface area contributed by atoms with Crippen LogP contribution in [0.2, 0.25) is 0 Å². The standard InChI is InChI=1S/C13H18N2OS/c1-13(2)9-17-12(15-13)14-11-6-4-5-10(7-11)8-16-3/h4-7H,8-9H2,1-3H3,(H,14,15). The molecule has 0 spiro atoms. The number of nitrogens with one attached hydrogen (secondary N) is 1. The van der Waals surface area contributed by atoms with Gasteiger partial charge in [0.1, 0.15) is 0 Å². The maximum Gasteiger partial charge on any atom is 0.161 e. The summed E-state index contributed by atoms with van der Waals surface area (Å²) in [6, 6.07) is 8.23. The van der Waals surface area contributed by atoms with Crippen molar-refractivity contribution < 1.29 is 4.74 Å². The number of rotatable bonds is 3. The van der Waals surface area contributed by atoms with E-state index in [1.54, 1.807) is 18.9 Å². The van der Waals surface area contributed by atoms with Crippen LogP contribution in [0.5, 0.6) is 0 Å². The van der Waals surface area contributed by atoms with Crippen molar-refractivity contribution in [3.8, 4) is 0 Å². The van der Waals surface area contributed by atoms with E-state index in [1.165, 1.54) is 5.56 Å². The van der Waals surface area contributed by atoms with Crippen molar-refractivity contribution >= 4 is 22.6 Å². The third kappa shape index (κ3) is 3.48. The van der Waals surface area contributed by atoms with Crippen molar-refractivity contribution in [2.24, 2.45) is 4.99 Å². The molecule has 1 aliphatic rings. The summed E-state index contributed by atoms with van der Waals surface area (Å²) in [4.78, 5) is 4.63. The molecule has 0 saturated carbocycles. The van der Waals surface area contributed by atoms with E-state index in [4.69, 9.17) is 4.74 Å². The first-order chi connectivity index (χ1) is 8.09. The van der Waals surface area contributed by atoms with E-state index in [0.717, 1.165) is 16.6 Å². The monoisotopic (exact) mass is 250 g/mol. The van der Waals surface area contributed by atoms with Crippen molar-refractivity contribution in [2.45, 2.75) is 26.0 Å². The van der Waals surface area contributed by atoms with E-state index in [9.17, 15) is 0 Å². The number of thioether (sulfide) groups is 1. The lowest BCUT2D eigenvalue weighted by Gasteiger charge is -2.09. The number of aliphatic imine (C=N–C) groups is 1. The van der Waals surface area contributed by atoms with E-state index in [0.29, 0.717) is 6.61 Å². The Labute approximate surface area is 107 Å². The highest BCUT2D eigenvalue weighted by molar-refractivity contribution is 8.14. The van der Waals surface area contributed by atoms with Gasteiger partial charge in [-0.15, -0.1) is 0 Å². The van der Waals surface area contributed by atoms with Crippen molar-refractivity contribution in [1.82, 2.24) is 0 Å². The molecular formula is C13H18N2OS. The molecule has 0 radical (unpaired) electrons. The maximum absolute atomic E-state index is 5.12. The minimum atomic E-state index is 0.0527. The van der Waals surface area contributed by atoms with Gasteiger partial charge in [-0.2, -0.15) is 0 Å². The van der Waals surface area contributed by atoms with Gasteiger partial charge in [0.15, 0.2) is 5.17 Å². The predicted octanol–water partition coefficient (Wildman–Crippen LogP) is 3.13. The average Bonchev–Trinajstić information content (AvgIpc) is 2.59. The normalized spacial score (nSPS) is 17.9. The highest BCUT2D eigenvalue weighted by atomic mass is 32.2. The molecule has 4 heteroatoms. The van der Waals surface area contributed by atoms with Gasteiger partial charge in [0.2, 0.25) is 0 Å². The van der Waals surface area contributed by atoms with Gasteiger partial charge in [0.05, 0.1) is 12.1 Å². The molecule has 0 amide bonds. The average molecular weight is 250 g/mol. The summed E-state index contributed by atoms with van der Waals surface area (Å²) in [6.07, 6.45) is 0. The van der Waals surface area contributed by atoms with Gasteiger partial charge in [-0.25, -0.2) is 0 Å². The van der Waals surface area contributed by atoms with E-state index < -0.39 is 0 Å². The maximum atomic E-state index is 5.12. The fourth-order valence-electron chi connectivity index (χ4n) is 1.68. The van der Waals surface area contributed by atoms with Crippen LogP contribution >= 0.6 is 11.8 Å². The van der Waals surface area contributed by atoms with Crippen molar-refractivity contribution in [1.29, 1.82) is 0 Å². The highest BCUT2D eigenvalue weighted by Crippen LogP contribution is 2.27. The third-order valence-corrected chi connectivity index (χ3v) is 3.77. The summed E-state index contributed by atoms with van der Waals surface area (Å²) in [5.74, 6) is 1.03. The Bertz CT molecular complexity index is 429. The van der Waals surface area contributed by atoms with Crippen LogP contribution in [0, 0.1) is 0 Å². The molecule has 0 unspecified atom stereocenters. The molecule has 92 valence electrons. The fraction of sp³-hybridized carbons (Fsp3) is 0.462. The number of hydrogen-bond acceptors (Lipinski definition) is 4. The highest BCUT2D eigenvalue weighted by Gasteiger charge is 2.25. The summed E-state index contributed by atoms with van der Waals surface area (Å²) in [7, 11) is 1.71. The van der Waals surface area contributed by atoms with Crippen LogP contribution in [0.15, 0.2) is 29.3 Å². The Morgan fingerprint density at radius 2 is 2.29 bits per heavy atom. The first kappa shape index (κ1) is 12.5. The lowest BCUT2D eigenvalue weighted by Crippen LogP contribution is -2.15. The molecule has 1 aromatic rings. The van der Waals surface area contributed by atoms with Crippen LogP contribution in [0.1, 0.15) is 19.4 Å². The predicted molar refractivity (Wildman–Crippen MR) is 74.7 cm³/mol. The van der Waals surface area contributed by atoms with Gasteiger partial charge in [-0.3, -0.25) is 4.99 Å². The second-order valence-electron chi connectivity index (χ2n) is 4.78. The largest absolute Gasteiger partial charge is 0.380 e. The molecule has 0 aromatic heterocycles. The Morgan fingerprint density at radius 3 is 2.94 bits per heavy atom. The van der Waals surface area contributed by atoms with Crippen LogP contribution in [0.3, 0.4) is 0 Å². The van der Waals surface area contributed by atoms with Gasteiger partial charge >= 0.3 is 0 Å². The zero-order valence-electron chi connectivity index (χ0n) is 10.5. The molecule has 0 saturated heterocycles. The second-order valence-corrected chi connectivity index (χ2v) is 5.74. The van der Waals surface area contributed by atoms with Gasteiger partial charge in [0, 0.05) is 18.6 Å². The summed E-state index contributed by atoms with van der Waals surface area (Å²) in [5.41, 5.74) is 2.29. The molecule has 0 atom stereocenters. The van der Waals surface area contributed by atoms with Crippen LogP contribution < -0.4 is 5.32 Å². The van der Waals surface area contributed by atoms with Gasteiger partial charge in [-0.1, -0.05) is 23.9 Å². The Kier molecular flexibility index (Phi) is 3.74. The number of methoxy groups -OCH3 is 1. The minimum absolute atomic E-state index is 0.0527. The first-order valence-corrected chi connectivity index (χ1v) is 6.65. The molecule has 0 fully saturated rings. The third-order valence-electron chi connectivity index (χ3n) is 2.46. The van der Waals surface area contributed by atoms with E-state index in [1.807, 2.05) is 12.1 Å². The molecule has 0 bridgehead atoms. The van der Waals surface area contributed by atoms with Crippen molar-refractivity contribution in [3.05, 3.63) is 29.8 Å². The first-order valence-electron chi connectivity index (χ1n) is 5.67. The number of benzene rings is 1.